The highest BCUT2D eigenvalue weighted by Gasteiger charge is 2.43. The molecule has 0 N–H and O–H groups in total. The summed E-state index contributed by atoms with van der Waals surface area (Å²) in [6.07, 6.45) is 0.0762. The maximum Gasteiger partial charge on any atom is 0.338 e. The topological polar surface area (TPSA) is 96.5 Å². The minimum Gasteiger partial charge on any atom is -0.494 e. The Kier molecular flexibility index (Phi) is 8.39. The van der Waals surface area contributed by atoms with Crippen LogP contribution in [-0.2, 0) is 14.3 Å². The van der Waals surface area contributed by atoms with E-state index in [1.807, 2.05) is 11.8 Å². The Morgan fingerprint density at radius 3 is 2.07 bits per heavy atom. The summed E-state index contributed by atoms with van der Waals surface area (Å²) in [5, 5.41) is 0. The second-order valence-electron chi connectivity index (χ2n) is 9.79. The first-order valence-corrected chi connectivity index (χ1v) is 13.5. The summed E-state index contributed by atoms with van der Waals surface area (Å²) in [6.45, 7) is 4.45. The molecular formula is C31H30FN3O6. The number of amides is 2. The van der Waals surface area contributed by atoms with Gasteiger partial charge < -0.3 is 14.4 Å². The third-order valence-corrected chi connectivity index (χ3v) is 7.25. The van der Waals surface area contributed by atoms with Gasteiger partial charge in [0.15, 0.2) is 12.4 Å². The number of halogens is 1. The molecular weight excluding hydrogens is 529 g/mol. The van der Waals surface area contributed by atoms with Crippen molar-refractivity contribution in [3.63, 3.8) is 0 Å². The number of piperazine rings is 1. The van der Waals surface area contributed by atoms with Crippen LogP contribution < -0.4 is 14.5 Å². The molecule has 2 aliphatic heterocycles. The van der Waals surface area contributed by atoms with Gasteiger partial charge in [0.05, 0.1) is 30.3 Å². The summed E-state index contributed by atoms with van der Waals surface area (Å²) < 4.78 is 23.8. The summed E-state index contributed by atoms with van der Waals surface area (Å²) in [4.78, 5) is 56.3. The van der Waals surface area contributed by atoms with E-state index < -0.39 is 18.6 Å². The summed E-state index contributed by atoms with van der Waals surface area (Å²) in [6, 6.07) is 18.3. The SMILES string of the molecule is CCOc1ccc(C(=O)COC(=O)c2ccc(N3C(=O)CC(N4CCN(c5ccc(F)cc5)CC4)C3=O)cc2)cc1. The van der Waals surface area contributed by atoms with Crippen molar-refractivity contribution in [3.8, 4) is 5.75 Å². The number of rotatable bonds is 9. The minimum absolute atomic E-state index is 0.0762. The van der Waals surface area contributed by atoms with E-state index in [-0.39, 0.29) is 35.4 Å². The van der Waals surface area contributed by atoms with Crippen molar-refractivity contribution in [2.75, 3.05) is 49.2 Å². The molecule has 1 unspecified atom stereocenters. The summed E-state index contributed by atoms with van der Waals surface area (Å²) >= 11 is 0. The van der Waals surface area contributed by atoms with Crippen molar-refractivity contribution in [2.24, 2.45) is 0 Å². The number of imide groups is 1. The zero-order valence-electron chi connectivity index (χ0n) is 22.6. The van der Waals surface area contributed by atoms with Crippen molar-refractivity contribution < 1.29 is 33.0 Å². The van der Waals surface area contributed by atoms with Gasteiger partial charge in [-0.2, -0.15) is 0 Å². The maximum atomic E-state index is 13.3. The number of hydrogen-bond donors (Lipinski definition) is 0. The molecule has 2 aliphatic rings. The van der Waals surface area contributed by atoms with Crippen LogP contribution in [0.1, 0.15) is 34.1 Å². The van der Waals surface area contributed by atoms with Crippen LogP contribution in [0, 0.1) is 5.82 Å². The van der Waals surface area contributed by atoms with E-state index in [1.54, 1.807) is 36.4 Å². The van der Waals surface area contributed by atoms with Crippen LogP contribution in [0.25, 0.3) is 0 Å². The standard InChI is InChI=1S/C31H30FN3O6/c1-2-40-26-13-5-21(6-14-26)28(36)20-41-31(39)22-3-9-25(10-4-22)35-29(37)19-27(30(35)38)34-17-15-33(16-18-34)24-11-7-23(32)8-12-24/h3-14,27H,2,15-20H2,1H3. The number of ether oxygens (including phenoxy) is 2. The Morgan fingerprint density at radius 1 is 0.829 bits per heavy atom. The molecule has 3 aromatic carbocycles. The van der Waals surface area contributed by atoms with Crippen LogP contribution in [0.4, 0.5) is 15.8 Å². The molecule has 10 heteroatoms. The van der Waals surface area contributed by atoms with Gasteiger partial charge in [0.1, 0.15) is 11.6 Å². The maximum absolute atomic E-state index is 13.3. The lowest BCUT2D eigenvalue weighted by Crippen LogP contribution is -2.52. The second kappa shape index (κ2) is 12.3. The monoisotopic (exact) mass is 559 g/mol. The summed E-state index contributed by atoms with van der Waals surface area (Å²) in [7, 11) is 0. The lowest BCUT2D eigenvalue weighted by molar-refractivity contribution is -0.123. The second-order valence-corrected chi connectivity index (χ2v) is 9.79. The van der Waals surface area contributed by atoms with Gasteiger partial charge in [0, 0.05) is 37.4 Å². The third kappa shape index (κ3) is 6.28. The highest BCUT2D eigenvalue weighted by atomic mass is 19.1. The average molecular weight is 560 g/mol. The van der Waals surface area contributed by atoms with Gasteiger partial charge in [0.2, 0.25) is 5.91 Å². The molecule has 0 radical (unpaired) electrons. The summed E-state index contributed by atoms with van der Waals surface area (Å²) in [5.41, 5.74) is 1.88. The fourth-order valence-electron chi connectivity index (χ4n) is 5.06. The number of carbonyl (C=O) groups is 4. The molecule has 41 heavy (non-hydrogen) atoms. The van der Waals surface area contributed by atoms with E-state index >= 15 is 0 Å². The van der Waals surface area contributed by atoms with Crippen molar-refractivity contribution in [3.05, 3.63) is 89.7 Å². The Balaban J connectivity index is 1.15. The molecule has 0 aromatic heterocycles. The van der Waals surface area contributed by atoms with E-state index in [2.05, 4.69) is 4.90 Å². The number of carbonyl (C=O) groups excluding carboxylic acids is 4. The van der Waals surface area contributed by atoms with Gasteiger partial charge in [-0.15, -0.1) is 0 Å². The van der Waals surface area contributed by atoms with Gasteiger partial charge >= 0.3 is 5.97 Å². The van der Waals surface area contributed by atoms with Gasteiger partial charge in [-0.25, -0.2) is 14.1 Å². The molecule has 2 amide bonds. The average Bonchev–Trinajstić information content (AvgIpc) is 3.30. The zero-order chi connectivity index (χ0) is 28.9. The van der Waals surface area contributed by atoms with E-state index in [0.717, 1.165) is 10.6 Å². The van der Waals surface area contributed by atoms with E-state index in [0.29, 0.717) is 49.8 Å². The van der Waals surface area contributed by atoms with Crippen LogP contribution in [0.3, 0.4) is 0 Å². The van der Waals surface area contributed by atoms with Crippen LogP contribution in [0.5, 0.6) is 5.75 Å². The minimum atomic E-state index is -0.688. The van der Waals surface area contributed by atoms with E-state index in [1.165, 1.54) is 36.4 Å². The first kappa shape index (κ1) is 28.0. The quantitative estimate of drug-likeness (QED) is 0.222. The fraction of sp³-hybridized carbons (Fsp3) is 0.290. The molecule has 0 saturated carbocycles. The number of esters is 1. The number of anilines is 2. The number of nitrogens with zero attached hydrogens (tertiary/aromatic N) is 3. The molecule has 2 saturated heterocycles. The molecule has 0 spiro atoms. The number of ketones is 1. The zero-order valence-corrected chi connectivity index (χ0v) is 22.6. The first-order valence-electron chi connectivity index (χ1n) is 13.5. The predicted octanol–water partition coefficient (Wildman–Crippen LogP) is 3.72. The smallest absolute Gasteiger partial charge is 0.338 e. The Morgan fingerprint density at radius 2 is 1.44 bits per heavy atom. The van der Waals surface area contributed by atoms with Crippen LogP contribution >= 0.6 is 0 Å². The first-order chi connectivity index (χ1) is 19.8. The molecule has 5 rings (SSSR count). The number of benzene rings is 3. The molecule has 212 valence electrons. The highest BCUT2D eigenvalue weighted by Crippen LogP contribution is 2.28. The van der Waals surface area contributed by atoms with Crippen molar-refractivity contribution in [2.45, 2.75) is 19.4 Å². The van der Waals surface area contributed by atoms with Gasteiger partial charge in [-0.3, -0.25) is 19.3 Å². The van der Waals surface area contributed by atoms with Crippen LogP contribution in [0.15, 0.2) is 72.8 Å². The van der Waals surface area contributed by atoms with E-state index in [9.17, 15) is 23.6 Å². The fourth-order valence-corrected chi connectivity index (χ4v) is 5.06. The van der Waals surface area contributed by atoms with Crippen LogP contribution in [0.2, 0.25) is 0 Å². The molecule has 9 nitrogen and oxygen atoms in total. The predicted molar refractivity (Wildman–Crippen MR) is 150 cm³/mol. The third-order valence-electron chi connectivity index (χ3n) is 7.25. The molecule has 1 atom stereocenters. The van der Waals surface area contributed by atoms with Gasteiger partial charge in [-0.1, -0.05) is 0 Å². The molecule has 0 bridgehead atoms. The van der Waals surface area contributed by atoms with Crippen molar-refractivity contribution in [1.82, 2.24) is 4.90 Å². The Hall–Kier alpha value is -4.57. The molecule has 0 aliphatic carbocycles. The van der Waals surface area contributed by atoms with Gasteiger partial charge in [0.25, 0.3) is 5.91 Å². The molecule has 2 heterocycles. The molecule has 2 fully saturated rings. The normalized spacial score (nSPS) is 17.6. The Labute approximate surface area is 237 Å². The highest BCUT2D eigenvalue weighted by molar-refractivity contribution is 6.22. The van der Waals surface area contributed by atoms with Crippen molar-refractivity contribution in [1.29, 1.82) is 0 Å². The van der Waals surface area contributed by atoms with E-state index in [4.69, 9.17) is 9.47 Å². The lowest BCUT2D eigenvalue weighted by Gasteiger charge is -2.38. The van der Waals surface area contributed by atoms with Crippen molar-refractivity contribution >= 4 is 34.9 Å². The number of Topliss-reactive ketones (excluding diaryl/α,β-unsaturated/α-hetero) is 1. The lowest BCUT2D eigenvalue weighted by atomic mass is 10.1. The number of hydrogen-bond acceptors (Lipinski definition) is 8. The summed E-state index contributed by atoms with van der Waals surface area (Å²) in [5.74, 6) is -1.30. The molecule has 3 aromatic rings. The van der Waals surface area contributed by atoms with Crippen LogP contribution in [-0.4, -0.2) is 73.9 Å². The Bertz CT molecular complexity index is 1420. The van der Waals surface area contributed by atoms with Gasteiger partial charge in [-0.05, 0) is 79.7 Å². The largest absolute Gasteiger partial charge is 0.494 e.